The van der Waals surface area contributed by atoms with E-state index in [1.165, 1.54) is 4.90 Å². The van der Waals surface area contributed by atoms with Gasteiger partial charge in [0.05, 0.1) is 12.8 Å². The summed E-state index contributed by atoms with van der Waals surface area (Å²) in [5, 5.41) is 0.573. The Hall–Kier alpha value is -0.740. The number of carbonyl (C=O) groups excluding carboxylic acids is 1. The van der Waals surface area contributed by atoms with Crippen molar-refractivity contribution < 1.29 is 9.53 Å². The summed E-state index contributed by atoms with van der Waals surface area (Å²) < 4.78 is 5.23. The van der Waals surface area contributed by atoms with Gasteiger partial charge in [-0.15, -0.1) is 0 Å². The Balaban J connectivity index is 3.32. The van der Waals surface area contributed by atoms with E-state index in [1.807, 2.05) is 6.92 Å². The van der Waals surface area contributed by atoms with Crippen molar-refractivity contribution in [3.8, 4) is 5.75 Å². The first-order chi connectivity index (χ1) is 6.97. The highest BCUT2D eigenvalue weighted by Gasteiger charge is 2.15. The summed E-state index contributed by atoms with van der Waals surface area (Å²) in [6.07, 6.45) is 0. The standard InChI is InChI=1S/C10H11BrClNO2/c1-6-4-7(12)5-8(9(6)15-3)13(2)10(11)14/h4-5H,1-3H3. The van der Waals surface area contributed by atoms with Crippen LogP contribution in [0, 0.1) is 6.92 Å². The van der Waals surface area contributed by atoms with Gasteiger partial charge in [0, 0.05) is 28.0 Å². The molecule has 1 aromatic carbocycles. The second kappa shape index (κ2) is 4.86. The smallest absolute Gasteiger partial charge is 0.293 e. The topological polar surface area (TPSA) is 29.5 Å². The predicted octanol–water partition coefficient (Wildman–Crippen LogP) is 3.61. The summed E-state index contributed by atoms with van der Waals surface area (Å²) in [6.45, 7) is 1.88. The molecular formula is C10H11BrClNO2. The lowest BCUT2D eigenvalue weighted by Crippen LogP contribution is -2.20. The quantitative estimate of drug-likeness (QED) is 0.615. The first kappa shape index (κ1) is 12.3. The number of nitrogens with zero attached hydrogens (tertiary/aromatic N) is 1. The fourth-order valence-corrected chi connectivity index (χ4v) is 1.78. The Morgan fingerprint density at radius 3 is 2.60 bits per heavy atom. The van der Waals surface area contributed by atoms with E-state index in [4.69, 9.17) is 16.3 Å². The summed E-state index contributed by atoms with van der Waals surface area (Å²) in [7, 11) is 3.21. The molecule has 0 aliphatic carbocycles. The minimum absolute atomic E-state index is 0.248. The van der Waals surface area contributed by atoms with Crippen molar-refractivity contribution in [2.75, 3.05) is 19.1 Å². The maximum absolute atomic E-state index is 11.2. The van der Waals surface area contributed by atoms with Gasteiger partial charge in [0.15, 0.2) is 0 Å². The molecule has 0 aliphatic rings. The van der Waals surface area contributed by atoms with Gasteiger partial charge in [-0.3, -0.25) is 4.79 Å². The number of rotatable bonds is 2. The molecule has 0 aliphatic heterocycles. The fourth-order valence-electron chi connectivity index (χ4n) is 1.32. The lowest BCUT2D eigenvalue weighted by molar-refractivity contribution is 0.266. The molecule has 82 valence electrons. The van der Waals surface area contributed by atoms with Gasteiger partial charge in [-0.25, -0.2) is 0 Å². The first-order valence-electron chi connectivity index (χ1n) is 4.24. The molecule has 0 atom stereocenters. The van der Waals surface area contributed by atoms with Gasteiger partial charge in [-0.2, -0.15) is 0 Å². The maximum atomic E-state index is 11.2. The number of amides is 1. The van der Waals surface area contributed by atoms with Gasteiger partial charge in [-0.05, 0) is 24.6 Å². The van der Waals surface area contributed by atoms with Crippen LogP contribution in [0.2, 0.25) is 5.02 Å². The van der Waals surface area contributed by atoms with Gasteiger partial charge in [-0.1, -0.05) is 11.6 Å². The summed E-state index contributed by atoms with van der Waals surface area (Å²) in [5.74, 6) is 0.648. The molecule has 0 unspecified atom stereocenters. The third-order valence-corrected chi connectivity index (χ3v) is 2.80. The molecule has 0 aromatic heterocycles. The van der Waals surface area contributed by atoms with E-state index < -0.39 is 0 Å². The first-order valence-corrected chi connectivity index (χ1v) is 5.41. The van der Waals surface area contributed by atoms with E-state index in [1.54, 1.807) is 26.3 Å². The van der Waals surface area contributed by atoms with E-state index in [-0.39, 0.29) is 4.82 Å². The molecule has 0 spiro atoms. The van der Waals surface area contributed by atoms with Crippen molar-refractivity contribution in [1.82, 2.24) is 0 Å². The van der Waals surface area contributed by atoms with Crippen LogP contribution in [0.4, 0.5) is 10.5 Å². The lowest BCUT2D eigenvalue weighted by atomic mass is 10.2. The minimum atomic E-state index is -0.248. The highest BCUT2D eigenvalue weighted by Crippen LogP contribution is 2.34. The van der Waals surface area contributed by atoms with Crippen LogP contribution in [0.5, 0.6) is 5.75 Å². The maximum Gasteiger partial charge on any atom is 0.293 e. The average molecular weight is 293 g/mol. The Kier molecular flexibility index (Phi) is 3.99. The number of anilines is 1. The summed E-state index contributed by atoms with van der Waals surface area (Å²) in [5.41, 5.74) is 1.53. The molecular weight excluding hydrogens is 281 g/mol. The van der Waals surface area contributed by atoms with Crippen molar-refractivity contribution >= 4 is 38.0 Å². The van der Waals surface area contributed by atoms with Crippen LogP contribution in [0.3, 0.4) is 0 Å². The molecule has 1 rings (SSSR count). The lowest BCUT2D eigenvalue weighted by Gasteiger charge is -2.19. The summed E-state index contributed by atoms with van der Waals surface area (Å²) in [4.78, 5) is 12.4. The van der Waals surface area contributed by atoms with Crippen LogP contribution in [-0.2, 0) is 0 Å². The molecule has 0 saturated heterocycles. The number of aryl methyl sites for hydroxylation is 1. The van der Waals surface area contributed by atoms with Crippen LogP contribution in [0.25, 0.3) is 0 Å². The summed E-state index contributed by atoms with van der Waals surface area (Å²) >= 11 is 8.80. The molecule has 5 heteroatoms. The molecule has 0 radical (unpaired) electrons. The SMILES string of the molecule is COc1c(C)cc(Cl)cc1N(C)C(=O)Br. The Morgan fingerprint density at radius 2 is 2.13 bits per heavy atom. The third kappa shape index (κ3) is 2.63. The van der Waals surface area contributed by atoms with Crippen LogP contribution >= 0.6 is 27.5 Å². The average Bonchev–Trinajstić information content (AvgIpc) is 2.15. The molecule has 15 heavy (non-hydrogen) atoms. The largest absolute Gasteiger partial charge is 0.494 e. The van der Waals surface area contributed by atoms with Crippen molar-refractivity contribution in [2.24, 2.45) is 0 Å². The van der Waals surface area contributed by atoms with Gasteiger partial charge in [0.2, 0.25) is 0 Å². The zero-order valence-electron chi connectivity index (χ0n) is 8.67. The molecule has 0 saturated carbocycles. The van der Waals surface area contributed by atoms with Crippen molar-refractivity contribution in [2.45, 2.75) is 6.92 Å². The molecule has 3 nitrogen and oxygen atoms in total. The van der Waals surface area contributed by atoms with Gasteiger partial charge in [0.1, 0.15) is 5.75 Å². The van der Waals surface area contributed by atoms with Crippen LogP contribution in [0.15, 0.2) is 12.1 Å². The number of methoxy groups -OCH3 is 1. The Morgan fingerprint density at radius 1 is 1.53 bits per heavy atom. The van der Waals surface area contributed by atoms with E-state index in [0.717, 1.165) is 5.56 Å². The van der Waals surface area contributed by atoms with Crippen molar-refractivity contribution in [1.29, 1.82) is 0 Å². The normalized spacial score (nSPS) is 9.93. The summed E-state index contributed by atoms with van der Waals surface area (Å²) in [6, 6.07) is 3.48. The predicted molar refractivity (Wildman–Crippen MR) is 65.5 cm³/mol. The van der Waals surface area contributed by atoms with Crippen molar-refractivity contribution in [3.05, 3.63) is 22.7 Å². The monoisotopic (exact) mass is 291 g/mol. The Bertz CT molecular complexity index is 395. The highest BCUT2D eigenvalue weighted by atomic mass is 79.9. The van der Waals surface area contributed by atoms with Gasteiger partial charge >= 0.3 is 0 Å². The van der Waals surface area contributed by atoms with Crippen LogP contribution in [0.1, 0.15) is 5.56 Å². The van der Waals surface area contributed by atoms with Gasteiger partial charge < -0.3 is 9.64 Å². The number of ether oxygens (including phenoxy) is 1. The van der Waals surface area contributed by atoms with Crippen molar-refractivity contribution in [3.63, 3.8) is 0 Å². The highest BCUT2D eigenvalue weighted by molar-refractivity contribution is 9.18. The molecule has 0 fully saturated rings. The number of halogens is 2. The second-order valence-corrected chi connectivity index (χ2v) is 4.20. The zero-order chi connectivity index (χ0) is 11.6. The van der Waals surface area contributed by atoms with Crippen LogP contribution in [-0.4, -0.2) is 19.0 Å². The second-order valence-electron chi connectivity index (χ2n) is 3.09. The van der Waals surface area contributed by atoms with E-state index >= 15 is 0 Å². The Labute approximate surface area is 102 Å². The molecule has 0 bridgehead atoms. The fraction of sp³-hybridized carbons (Fsp3) is 0.300. The molecule has 1 aromatic rings. The zero-order valence-corrected chi connectivity index (χ0v) is 11.0. The molecule has 0 N–H and O–H groups in total. The molecule has 0 heterocycles. The van der Waals surface area contributed by atoms with E-state index in [9.17, 15) is 4.79 Å². The minimum Gasteiger partial charge on any atom is -0.494 e. The van der Waals surface area contributed by atoms with E-state index in [0.29, 0.717) is 16.5 Å². The third-order valence-electron chi connectivity index (χ3n) is 2.05. The van der Waals surface area contributed by atoms with E-state index in [2.05, 4.69) is 15.9 Å². The number of hydrogen-bond acceptors (Lipinski definition) is 2. The number of carbonyl (C=O) groups is 1. The number of benzene rings is 1. The van der Waals surface area contributed by atoms with Gasteiger partial charge in [0.25, 0.3) is 4.82 Å². The number of hydrogen-bond donors (Lipinski definition) is 0. The molecule has 1 amide bonds. The van der Waals surface area contributed by atoms with Crippen LogP contribution < -0.4 is 9.64 Å².